The molecule has 2 atom stereocenters. The SMILES string of the molecule is C=C(C#N)C(=O)NC1CCC(n2nc3c(=O)[nH]nc(N)c3c2C2Oc3ccc(C)cc3C2C)CC1. The topological polar surface area (TPSA) is 152 Å². The zero-order chi connectivity index (χ0) is 24.9. The lowest BCUT2D eigenvalue weighted by Crippen LogP contribution is -2.38. The molecule has 3 aromatic rings. The molecule has 0 spiro atoms. The van der Waals surface area contributed by atoms with Gasteiger partial charge in [-0.05, 0) is 38.7 Å². The number of nitriles is 1. The number of anilines is 1. The summed E-state index contributed by atoms with van der Waals surface area (Å²) in [5, 5.41) is 23.4. The predicted molar refractivity (Wildman–Crippen MR) is 130 cm³/mol. The van der Waals surface area contributed by atoms with E-state index >= 15 is 0 Å². The molecule has 0 bridgehead atoms. The summed E-state index contributed by atoms with van der Waals surface area (Å²) in [4.78, 5) is 24.7. The fraction of sp³-hybridized carbons (Fsp3) is 0.400. The third kappa shape index (κ3) is 3.83. The molecular formula is C25H27N7O3. The van der Waals surface area contributed by atoms with Crippen LogP contribution < -0.4 is 21.3 Å². The number of benzene rings is 1. The Balaban J connectivity index is 1.50. The van der Waals surface area contributed by atoms with E-state index in [2.05, 4.69) is 35.1 Å². The molecule has 4 N–H and O–H groups in total. The van der Waals surface area contributed by atoms with E-state index in [0.29, 0.717) is 18.2 Å². The van der Waals surface area contributed by atoms with Gasteiger partial charge in [0, 0.05) is 17.5 Å². The number of nitrogens with zero attached hydrogens (tertiary/aromatic N) is 4. The van der Waals surface area contributed by atoms with E-state index in [1.165, 1.54) is 0 Å². The van der Waals surface area contributed by atoms with Gasteiger partial charge in [-0.15, -0.1) is 0 Å². The fourth-order valence-electron chi connectivity index (χ4n) is 5.24. The van der Waals surface area contributed by atoms with E-state index in [-0.39, 0.29) is 41.0 Å². The summed E-state index contributed by atoms with van der Waals surface area (Å²) in [6, 6.07) is 7.83. The highest BCUT2D eigenvalue weighted by molar-refractivity contribution is 5.96. The minimum atomic E-state index is -0.437. The van der Waals surface area contributed by atoms with E-state index in [0.717, 1.165) is 35.4 Å². The Hall–Kier alpha value is -4.13. The molecule has 35 heavy (non-hydrogen) atoms. The van der Waals surface area contributed by atoms with E-state index in [1.807, 2.05) is 23.7 Å². The maximum absolute atomic E-state index is 12.6. The summed E-state index contributed by atoms with van der Waals surface area (Å²) in [5.41, 5.74) is 9.01. The highest BCUT2D eigenvalue weighted by Gasteiger charge is 2.39. The fourth-order valence-corrected chi connectivity index (χ4v) is 5.24. The maximum Gasteiger partial charge on any atom is 0.292 e. The number of carbonyl (C=O) groups excluding carboxylic acids is 1. The number of aromatic amines is 1. The second-order valence-electron chi connectivity index (χ2n) is 9.43. The normalized spacial score (nSPS) is 23.3. The van der Waals surface area contributed by atoms with Crippen LogP contribution in [-0.4, -0.2) is 31.9 Å². The summed E-state index contributed by atoms with van der Waals surface area (Å²) in [7, 11) is 0. The van der Waals surface area contributed by atoms with Crippen LogP contribution in [0.5, 0.6) is 5.75 Å². The quantitative estimate of drug-likeness (QED) is 0.389. The average molecular weight is 474 g/mol. The number of nitrogens with two attached hydrogens (primary N) is 1. The summed E-state index contributed by atoms with van der Waals surface area (Å²) >= 11 is 0. The zero-order valence-electron chi connectivity index (χ0n) is 19.7. The first-order valence-electron chi connectivity index (χ1n) is 11.7. The van der Waals surface area contributed by atoms with Crippen LogP contribution in [0, 0.1) is 18.3 Å². The van der Waals surface area contributed by atoms with E-state index in [9.17, 15) is 9.59 Å². The smallest absolute Gasteiger partial charge is 0.292 e. The second-order valence-corrected chi connectivity index (χ2v) is 9.43. The molecule has 3 heterocycles. The molecular weight excluding hydrogens is 446 g/mol. The summed E-state index contributed by atoms with van der Waals surface area (Å²) in [6.07, 6.45) is 2.48. The maximum atomic E-state index is 12.6. The molecule has 1 aromatic carbocycles. The lowest BCUT2D eigenvalue weighted by Gasteiger charge is -2.31. The van der Waals surface area contributed by atoms with Gasteiger partial charge in [0.05, 0.1) is 17.1 Å². The van der Waals surface area contributed by atoms with Gasteiger partial charge in [-0.3, -0.25) is 14.3 Å². The van der Waals surface area contributed by atoms with Gasteiger partial charge in [-0.25, -0.2) is 5.10 Å². The van der Waals surface area contributed by atoms with Crippen LogP contribution in [-0.2, 0) is 4.79 Å². The highest BCUT2D eigenvalue weighted by atomic mass is 16.5. The van der Waals surface area contributed by atoms with Crippen molar-refractivity contribution >= 4 is 22.6 Å². The first kappa shape index (κ1) is 22.7. The lowest BCUT2D eigenvalue weighted by molar-refractivity contribution is -0.118. The van der Waals surface area contributed by atoms with E-state index < -0.39 is 11.5 Å². The van der Waals surface area contributed by atoms with Gasteiger partial charge in [0.2, 0.25) is 0 Å². The number of hydrogen-bond donors (Lipinski definition) is 3. The summed E-state index contributed by atoms with van der Waals surface area (Å²) in [5.74, 6) is 0.609. The van der Waals surface area contributed by atoms with Crippen molar-refractivity contribution in [1.82, 2.24) is 25.3 Å². The Kier molecular flexibility index (Phi) is 5.55. The Morgan fingerprint density at radius 3 is 2.80 bits per heavy atom. The Bertz CT molecular complexity index is 1440. The molecule has 1 saturated carbocycles. The van der Waals surface area contributed by atoms with Gasteiger partial charge in [0.15, 0.2) is 11.3 Å². The van der Waals surface area contributed by atoms with Crippen LogP contribution in [0.1, 0.15) is 67.5 Å². The predicted octanol–water partition coefficient (Wildman–Crippen LogP) is 2.93. The number of ether oxygens (including phenoxy) is 1. The van der Waals surface area contributed by atoms with Crippen LogP contribution in [0.25, 0.3) is 10.9 Å². The van der Waals surface area contributed by atoms with Crippen molar-refractivity contribution in [3.05, 3.63) is 57.5 Å². The van der Waals surface area contributed by atoms with Gasteiger partial charge in [0.25, 0.3) is 11.5 Å². The molecule has 1 amide bonds. The van der Waals surface area contributed by atoms with Crippen LogP contribution in [0.2, 0.25) is 0 Å². The standard InChI is InChI=1S/C25H27N7O3/c1-12-4-9-18-17(10-12)14(3)22(35-18)21-19-20(25(34)30-29-23(19)27)31-32(21)16-7-5-15(6-8-16)28-24(33)13(2)11-26/h4,9-10,14-16,22H,2,5-8H2,1,3H3,(H2,27,29)(H,28,33)(H,30,34). The van der Waals surface area contributed by atoms with Crippen LogP contribution >= 0.6 is 0 Å². The average Bonchev–Trinajstić information content (AvgIpc) is 3.40. The number of aromatic nitrogens is 4. The van der Waals surface area contributed by atoms with Crippen molar-refractivity contribution in [2.75, 3.05) is 5.73 Å². The van der Waals surface area contributed by atoms with Crippen LogP contribution in [0.15, 0.2) is 35.1 Å². The molecule has 180 valence electrons. The van der Waals surface area contributed by atoms with Gasteiger partial charge < -0.3 is 15.8 Å². The molecule has 2 aliphatic rings. The Morgan fingerprint density at radius 1 is 1.34 bits per heavy atom. The number of fused-ring (bicyclic) bond motifs is 2. The number of H-pyrrole nitrogens is 1. The minimum Gasteiger partial charge on any atom is -0.483 e. The first-order chi connectivity index (χ1) is 16.8. The third-order valence-electron chi connectivity index (χ3n) is 7.12. The van der Waals surface area contributed by atoms with Crippen molar-refractivity contribution in [2.45, 2.75) is 63.6 Å². The van der Waals surface area contributed by atoms with Crippen molar-refractivity contribution in [2.24, 2.45) is 0 Å². The van der Waals surface area contributed by atoms with Crippen molar-refractivity contribution in [3.63, 3.8) is 0 Å². The van der Waals surface area contributed by atoms with Crippen LogP contribution in [0.3, 0.4) is 0 Å². The number of hydrogen-bond acceptors (Lipinski definition) is 7. The molecule has 2 aromatic heterocycles. The Morgan fingerprint density at radius 2 is 2.09 bits per heavy atom. The zero-order valence-corrected chi connectivity index (χ0v) is 19.7. The van der Waals surface area contributed by atoms with E-state index in [1.54, 1.807) is 6.07 Å². The minimum absolute atomic E-state index is 0.00947. The van der Waals surface area contributed by atoms with Crippen molar-refractivity contribution in [3.8, 4) is 11.8 Å². The molecule has 1 aliphatic carbocycles. The highest BCUT2D eigenvalue weighted by Crippen LogP contribution is 2.49. The second kappa shape index (κ2) is 8.58. The van der Waals surface area contributed by atoms with Crippen molar-refractivity contribution in [1.29, 1.82) is 5.26 Å². The molecule has 2 unspecified atom stereocenters. The summed E-state index contributed by atoms with van der Waals surface area (Å²) in [6.45, 7) is 7.62. The largest absolute Gasteiger partial charge is 0.483 e. The molecule has 10 heteroatoms. The first-order valence-corrected chi connectivity index (χ1v) is 11.7. The van der Waals surface area contributed by atoms with Crippen LogP contribution in [0.4, 0.5) is 5.82 Å². The van der Waals surface area contributed by atoms with E-state index in [4.69, 9.17) is 20.8 Å². The number of carbonyl (C=O) groups is 1. The number of rotatable bonds is 4. The van der Waals surface area contributed by atoms with Gasteiger partial charge in [0.1, 0.15) is 23.5 Å². The molecule has 1 aliphatic heterocycles. The monoisotopic (exact) mass is 473 g/mol. The molecule has 0 saturated heterocycles. The number of aryl methyl sites for hydroxylation is 1. The van der Waals surface area contributed by atoms with Gasteiger partial charge in [-0.1, -0.05) is 31.2 Å². The Labute approximate surface area is 201 Å². The number of nitrogen functional groups attached to an aromatic ring is 1. The third-order valence-corrected chi connectivity index (χ3v) is 7.12. The molecule has 1 fully saturated rings. The van der Waals surface area contributed by atoms with Crippen molar-refractivity contribution < 1.29 is 9.53 Å². The van der Waals surface area contributed by atoms with Gasteiger partial charge in [-0.2, -0.15) is 15.5 Å². The molecule has 0 radical (unpaired) electrons. The lowest BCUT2D eigenvalue weighted by atomic mass is 9.89. The number of nitrogens with one attached hydrogen (secondary N) is 2. The van der Waals surface area contributed by atoms with Gasteiger partial charge >= 0.3 is 0 Å². The summed E-state index contributed by atoms with van der Waals surface area (Å²) < 4.78 is 8.30. The number of amides is 1. The molecule has 10 nitrogen and oxygen atoms in total. The molecule has 5 rings (SSSR count).